The molecule has 20 heteroatoms. The zero-order chi connectivity index (χ0) is 41.3. The smallest absolute Gasteiger partial charge is 0.305 e. The summed E-state index contributed by atoms with van der Waals surface area (Å²) in [5.74, 6) is -8.55. The standard InChI is InChI=1S/C34H56N10O10/c1-16(2)10-22(39-19(7)45)33(53)44-28(18(5)6)34(54)43-24(12-20-14-37-15-38-20)31(51)41-23(11-17(3)4)30(50)42-25(13-27(47)48)32(52)40-21(29(36)49)8-9-26(35)46/h14-18,21-25,28H,8-13H2,1-7H3,(H2,35,46)(H2,36,49)(H,37,38)(H,39,45)(H,40,52)(H,41,51)(H,42,50)(H,43,54)(H,44,53)(H,47,48)/t21-,22-,23-,24-,25-,28-/m0/s1. The lowest BCUT2D eigenvalue weighted by molar-refractivity contribution is -0.141. The van der Waals surface area contributed by atoms with E-state index < -0.39 is 102 Å². The number of carbonyl (C=O) groups excluding carboxylic acids is 8. The molecule has 0 aliphatic rings. The lowest BCUT2D eigenvalue weighted by atomic mass is 9.99. The first-order valence-corrected chi connectivity index (χ1v) is 17.7. The maximum absolute atomic E-state index is 13.9. The number of nitrogens with two attached hydrogens (primary N) is 2. The van der Waals surface area contributed by atoms with Crippen molar-refractivity contribution < 1.29 is 48.3 Å². The van der Waals surface area contributed by atoms with Gasteiger partial charge in [-0.25, -0.2) is 4.98 Å². The number of carboxylic acids is 1. The minimum atomic E-state index is -1.73. The second-order valence-corrected chi connectivity index (χ2v) is 14.3. The molecule has 0 aliphatic carbocycles. The number of imidazole rings is 1. The number of aromatic nitrogens is 2. The highest BCUT2D eigenvalue weighted by atomic mass is 16.4. The van der Waals surface area contributed by atoms with Crippen molar-refractivity contribution in [2.24, 2.45) is 29.2 Å². The Kier molecular flexibility index (Phi) is 19.4. The summed E-state index contributed by atoms with van der Waals surface area (Å²) < 4.78 is 0. The van der Waals surface area contributed by atoms with E-state index >= 15 is 0 Å². The number of hydrogen-bond acceptors (Lipinski definition) is 10. The van der Waals surface area contributed by atoms with Crippen molar-refractivity contribution in [2.75, 3.05) is 0 Å². The molecule has 6 atom stereocenters. The second-order valence-electron chi connectivity index (χ2n) is 14.3. The van der Waals surface area contributed by atoms with Crippen molar-refractivity contribution in [1.82, 2.24) is 41.9 Å². The van der Waals surface area contributed by atoms with E-state index in [2.05, 4.69) is 41.9 Å². The Labute approximate surface area is 313 Å². The third-order valence-electron chi connectivity index (χ3n) is 7.95. The molecule has 12 N–H and O–H groups in total. The lowest BCUT2D eigenvalue weighted by Crippen LogP contribution is -2.61. The number of aromatic amines is 1. The molecule has 1 heterocycles. The van der Waals surface area contributed by atoms with Gasteiger partial charge in [-0.2, -0.15) is 0 Å². The number of nitrogens with zero attached hydrogens (tertiary/aromatic N) is 1. The van der Waals surface area contributed by atoms with Gasteiger partial charge in [-0.3, -0.25) is 43.2 Å². The first kappa shape index (κ1) is 46.5. The highest BCUT2D eigenvalue weighted by molar-refractivity contribution is 5.98. The van der Waals surface area contributed by atoms with Crippen LogP contribution < -0.4 is 43.4 Å². The summed E-state index contributed by atoms with van der Waals surface area (Å²) in [5.41, 5.74) is 10.9. The van der Waals surface area contributed by atoms with E-state index in [-0.39, 0.29) is 37.5 Å². The van der Waals surface area contributed by atoms with Crippen LogP contribution in [-0.2, 0) is 49.6 Å². The molecule has 1 aromatic rings. The summed E-state index contributed by atoms with van der Waals surface area (Å²) in [5, 5.41) is 24.5. The van der Waals surface area contributed by atoms with E-state index in [0.717, 1.165) is 0 Å². The van der Waals surface area contributed by atoms with Gasteiger partial charge in [0.1, 0.15) is 36.3 Å². The van der Waals surface area contributed by atoms with Gasteiger partial charge in [0, 0.05) is 31.7 Å². The number of H-pyrrole nitrogens is 1. The van der Waals surface area contributed by atoms with Crippen molar-refractivity contribution in [3.05, 3.63) is 18.2 Å². The fourth-order valence-corrected chi connectivity index (χ4v) is 5.30. The molecule has 1 rings (SSSR count). The molecule has 54 heavy (non-hydrogen) atoms. The van der Waals surface area contributed by atoms with E-state index in [9.17, 15) is 48.3 Å². The average Bonchev–Trinajstić information content (AvgIpc) is 3.55. The van der Waals surface area contributed by atoms with Crippen LogP contribution in [0.25, 0.3) is 0 Å². The Hall–Kier alpha value is -5.56. The molecule has 8 amide bonds. The Balaban J connectivity index is 3.35. The Morgan fingerprint density at radius 3 is 1.63 bits per heavy atom. The molecule has 1 aromatic heterocycles. The summed E-state index contributed by atoms with van der Waals surface area (Å²) in [6, 6.07) is -7.87. The van der Waals surface area contributed by atoms with Crippen LogP contribution in [0.4, 0.5) is 0 Å². The maximum Gasteiger partial charge on any atom is 0.305 e. The third kappa shape index (κ3) is 17.3. The summed E-state index contributed by atoms with van der Waals surface area (Å²) in [7, 11) is 0. The van der Waals surface area contributed by atoms with Crippen molar-refractivity contribution in [3.63, 3.8) is 0 Å². The van der Waals surface area contributed by atoms with Gasteiger partial charge < -0.3 is 53.5 Å². The van der Waals surface area contributed by atoms with Crippen LogP contribution in [0, 0.1) is 17.8 Å². The number of carboxylic acid groups (broad SMARTS) is 1. The van der Waals surface area contributed by atoms with Crippen LogP contribution in [0.1, 0.15) is 86.3 Å². The molecule has 0 saturated heterocycles. The summed E-state index contributed by atoms with van der Waals surface area (Å²) in [6.07, 6.45) is 1.47. The Bertz CT molecular complexity index is 1480. The van der Waals surface area contributed by atoms with Crippen LogP contribution in [0.3, 0.4) is 0 Å². The van der Waals surface area contributed by atoms with Gasteiger partial charge in [0.2, 0.25) is 47.3 Å². The quantitative estimate of drug-likeness (QED) is 0.0541. The Morgan fingerprint density at radius 2 is 1.17 bits per heavy atom. The number of hydrogen-bond donors (Lipinski definition) is 10. The van der Waals surface area contributed by atoms with Crippen LogP contribution in [0.2, 0.25) is 0 Å². The topological polar surface area (TPSA) is 327 Å². The monoisotopic (exact) mass is 764 g/mol. The molecule has 0 spiro atoms. The molecule has 0 radical (unpaired) electrons. The van der Waals surface area contributed by atoms with Gasteiger partial charge >= 0.3 is 5.97 Å². The van der Waals surface area contributed by atoms with E-state index in [1.807, 2.05) is 13.8 Å². The second kappa shape index (κ2) is 22.5. The van der Waals surface area contributed by atoms with Crippen LogP contribution in [-0.4, -0.2) is 105 Å². The van der Waals surface area contributed by atoms with Gasteiger partial charge in [0.25, 0.3) is 0 Å². The van der Waals surface area contributed by atoms with Crippen molar-refractivity contribution in [1.29, 1.82) is 0 Å². The number of nitrogens with one attached hydrogen (secondary N) is 7. The molecular weight excluding hydrogens is 708 g/mol. The predicted molar refractivity (Wildman–Crippen MR) is 193 cm³/mol. The van der Waals surface area contributed by atoms with Gasteiger partial charge in [-0.1, -0.05) is 41.5 Å². The van der Waals surface area contributed by atoms with Crippen molar-refractivity contribution in [3.8, 4) is 0 Å². The predicted octanol–water partition coefficient (Wildman–Crippen LogP) is -2.15. The van der Waals surface area contributed by atoms with Gasteiger partial charge in [-0.05, 0) is 37.0 Å². The minimum absolute atomic E-state index is 0.0112. The SMILES string of the molecule is CC(=O)N[C@@H](CC(C)C)C(=O)N[C@H](C(=O)N[C@@H](Cc1cnc[nH]1)C(=O)N[C@@H](CC(C)C)C(=O)N[C@@H](CC(=O)O)C(=O)N[C@@H](CCC(N)=O)C(N)=O)C(C)C. The molecule has 302 valence electrons. The summed E-state index contributed by atoms with van der Waals surface area (Å²) in [4.78, 5) is 121. The number of rotatable bonds is 24. The zero-order valence-corrected chi connectivity index (χ0v) is 31.8. The van der Waals surface area contributed by atoms with Crippen LogP contribution in [0.5, 0.6) is 0 Å². The number of aliphatic carboxylic acids is 1. The molecule has 20 nitrogen and oxygen atoms in total. The third-order valence-corrected chi connectivity index (χ3v) is 7.95. The van der Waals surface area contributed by atoms with E-state index in [1.54, 1.807) is 27.7 Å². The van der Waals surface area contributed by atoms with Crippen LogP contribution in [0.15, 0.2) is 12.5 Å². The van der Waals surface area contributed by atoms with Gasteiger partial charge in [0.15, 0.2) is 0 Å². The molecule has 0 fully saturated rings. The molecule has 0 bridgehead atoms. The highest BCUT2D eigenvalue weighted by Gasteiger charge is 2.35. The molecule has 0 aliphatic heterocycles. The first-order valence-electron chi connectivity index (χ1n) is 17.7. The average molecular weight is 765 g/mol. The van der Waals surface area contributed by atoms with E-state index in [0.29, 0.717) is 12.1 Å². The Morgan fingerprint density at radius 1 is 0.685 bits per heavy atom. The number of primary amides is 2. The molecule has 0 aromatic carbocycles. The first-order chi connectivity index (χ1) is 25.1. The van der Waals surface area contributed by atoms with Crippen molar-refractivity contribution in [2.45, 2.75) is 123 Å². The maximum atomic E-state index is 13.9. The van der Waals surface area contributed by atoms with E-state index in [4.69, 9.17) is 11.5 Å². The lowest BCUT2D eigenvalue weighted by Gasteiger charge is -2.29. The fraction of sp³-hybridized carbons (Fsp3) is 0.647. The van der Waals surface area contributed by atoms with Gasteiger partial charge in [0.05, 0.1) is 12.7 Å². The molecule has 0 unspecified atom stereocenters. The van der Waals surface area contributed by atoms with Crippen molar-refractivity contribution >= 4 is 53.2 Å². The highest BCUT2D eigenvalue weighted by Crippen LogP contribution is 2.11. The summed E-state index contributed by atoms with van der Waals surface area (Å²) in [6.45, 7) is 11.9. The number of amides is 8. The molecular formula is C34H56N10O10. The summed E-state index contributed by atoms with van der Waals surface area (Å²) >= 11 is 0. The normalized spacial score (nSPS) is 14.5. The van der Waals surface area contributed by atoms with Gasteiger partial charge in [-0.15, -0.1) is 0 Å². The zero-order valence-electron chi connectivity index (χ0n) is 31.8. The minimum Gasteiger partial charge on any atom is -0.481 e. The van der Waals surface area contributed by atoms with E-state index in [1.165, 1.54) is 19.4 Å². The fourth-order valence-electron chi connectivity index (χ4n) is 5.30. The molecule has 0 saturated carbocycles. The number of carbonyl (C=O) groups is 9. The van der Waals surface area contributed by atoms with Crippen LogP contribution >= 0.6 is 0 Å². The largest absolute Gasteiger partial charge is 0.481 e.